The van der Waals surface area contributed by atoms with Crippen LogP contribution in [0.15, 0.2) is 23.1 Å². The highest BCUT2D eigenvalue weighted by Crippen LogP contribution is 2.23. The minimum atomic E-state index is -0.475. The third-order valence-corrected chi connectivity index (χ3v) is 2.54. The van der Waals surface area contributed by atoms with E-state index in [9.17, 15) is 4.79 Å². The lowest BCUT2D eigenvalue weighted by Gasteiger charge is -2.04. The van der Waals surface area contributed by atoms with Gasteiger partial charge in [0.15, 0.2) is 0 Å². The number of nitriles is 1. The average Bonchev–Trinajstić information content (AvgIpc) is 2.26. The highest BCUT2D eigenvalue weighted by atomic mass is 32.2. The van der Waals surface area contributed by atoms with Crippen molar-refractivity contribution in [3.05, 3.63) is 29.3 Å². The minimum Gasteiger partial charge on any atom is -0.465 e. The maximum atomic E-state index is 11.3. The standard InChI is InChI=1S/C10H9NO2S/c1-13-10(12)7-4-3-5-9(14-2)8(7)6-11/h3-5H,1-2H3. The van der Waals surface area contributed by atoms with Gasteiger partial charge in [0.2, 0.25) is 0 Å². The number of benzene rings is 1. The first-order valence-electron chi connectivity index (χ1n) is 3.90. The topological polar surface area (TPSA) is 50.1 Å². The Morgan fingerprint density at radius 1 is 1.57 bits per heavy atom. The molecule has 0 saturated heterocycles. The SMILES string of the molecule is COC(=O)c1cccc(SC)c1C#N. The van der Waals surface area contributed by atoms with E-state index in [1.54, 1.807) is 18.2 Å². The van der Waals surface area contributed by atoms with Crippen molar-refractivity contribution < 1.29 is 9.53 Å². The third-order valence-electron chi connectivity index (χ3n) is 1.76. The molecule has 0 aliphatic rings. The Labute approximate surface area is 86.7 Å². The molecular weight excluding hydrogens is 198 g/mol. The molecule has 1 aromatic rings. The number of carbonyl (C=O) groups is 1. The summed E-state index contributed by atoms with van der Waals surface area (Å²) in [4.78, 5) is 12.1. The molecule has 0 aliphatic heterocycles. The number of rotatable bonds is 2. The fourth-order valence-corrected chi connectivity index (χ4v) is 1.67. The van der Waals surface area contributed by atoms with Gasteiger partial charge in [-0.15, -0.1) is 11.8 Å². The van der Waals surface area contributed by atoms with E-state index in [-0.39, 0.29) is 0 Å². The molecule has 0 amide bonds. The van der Waals surface area contributed by atoms with Gasteiger partial charge in [-0.2, -0.15) is 5.26 Å². The molecule has 0 saturated carbocycles. The number of hydrogen-bond acceptors (Lipinski definition) is 4. The van der Waals surface area contributed by atoms with E-state index in [2.05, 4.69) is 4.74 Å². The fourth-order valence-electron chi connectivity index (χ4n) is 1.10. The Bertz CT molecular complexity index is 396. The lowest BCUT2D eigenvalue weighted by atomic mass is 10.1. The third kappa shape index (κ3) is 1.88. The van der Waals surface area contributed by atoms with Crippen LogP contribution in [0.3, 0.4) is 0 Å². The highest BCUT2D eigenvalue weighted by molar-refractivity contribution is 7.98. The quantitative estimate of drug-likeness (QED) is 0.550. The van der Waals surface area contributed by atoms with E-state index < -0.39 is 5.97 Å². The monoisotopic (exact) mass is 207 g/mol. The number of methoxy groups -OCH3 is 1. The lowest BCUT2D eigenvalue weighted by molar-refractivity contribution is 0.0600. The van der Waals surface area contributed by atoms with Crippen LogP contribution in [-0.4, -0.2) is 19.3 Å². The Hall–Kier alpha value is -1.47. The van der Waals surface area contributed by atoms with Crippen LogP contribution in [-0.2, 0) is 4.74 Å². The second kappa shape index (κ2) is 4.68. The zero-order valence-corrected chi connectivity index (χ0v) is 8.72. The van der Waals surface area contributed by atoms with Crippen LogP contribution in [0.4, 0.5) is 0 Å². The number of hydrogen-bond donors (Lipinski definition) is 0. The maximum absolute atomic E-state index is 11.3. The molecule has 1 aromatic carbocycles. The molecule has 0 bridgehead atoms. The molecule has 1 rings (SSSR count). The van der Waals surface area contributed by atoms with E-state index in [1.807, 2.05) is 12.3 Å². The zero-order valence-electron chi connectivity index (χ0n) is 7.90. The summed E-state index contributed by atoms with van der Waals surface area (Å²) in [5, 5.41) is 8.90. The van der Waals surface area contributed by atoms with E-state index in [4.69, 9.17) is 5.26 Å². The number of thioether (sulfide) groups is 1. The molecule has 0 aliphatic carbocycles. The predicted octanol–water partition coefficient (Wildman–Crippen LogP) is 2.07. The maximum Gasteiger partial charge on any atom is 0.339 e. The van der Waals surface area contributed by atoms with Crippen LogP contribution in [0, 0.1) is 11.3 Å². The van der Waals surface area contributed by atoms with Gasteiger partial charge in [-0.1, -0.05) is 6.07 Å². The van der Waals surface area contributed by atoms with Crippen molar-refractivity contribution >= 4 is 17.7 Å². The van der Waals surface area contributed by atoms with Gasteiger partial charge >= 0.3 is 5.97 Å². The normalized spacial score (nSPS) is 9.21. The minimum absolute atomic E-state index is 0.321. The van der Waals surface area contributed by atoms with Gasteiger partial charge in [-0.25, -0.2) is 4.79 Å². The van der Waals surface area contributed by atoms with Gasteiger partial charge in [0, 0.05) is 4.90 Å². The second-order valence-corrected chi connectivity index (χ2v) is 3.33. The average molecular weight is 207 g/mol. The number of carbonyl (C=O) groups excluding carboxylic acids is 1. The Kier molecular flexibility index (Phi) is 3.55. The van der Waals surface area contributed by atoms with Crippen LogP contribution in [0.5, 0.6) is 0 Å². The Balaban J connectivity index is 3.31. The van der Waals surface area contributed by atoms with Crippen LogP contribution >= 0.6 is 11.8 Å². The summed E-state index contributed by atoms with van der Waals surface area (Å²) in [5.74, 6) is -0.475. The number of nitrogens with zero attached hydrogens (tertiary/aromatic N) is 1. The zero-order chi connectivity index (χ0) is 10.6. The summed E-state index contributed by atoms with van der Waals surface area (Å²) < 4.78 is 4.58. The van der Waals surface area contributed by atoms with E-state index >= 15 is 0 Å². The van der Waals surface area contributed by atoms with Crippen molar-refractivity contribution in [3.8, 4) is 6.07 Å². The molecule has 4 heteroatoms. The first-order chi connectivity index (χ1) is 6.74. The second-order valence-electron chi connectivity index (χ2n) is 2.49. The van der Waals surface area contributed by atoms with E-state index in [0.717, 1.165) is 4.90 Å². The molecule has 72 valence electrons. The van der Waals surface area contributed by atoms with Crippen LogP contribution in [0.1, 0.15) is 15.9 Å². The van der Waals surface area contributed by atoms with Crippen molar-refractivity contribution in [1.29, 1.82) is 5.26 Å². The molecule has 0 N–H and O–H groups in total. The van der Waals surface area contributed by atoms with Crippen LogP contribution in [0.2, 0.25) is 0 Å². The van der Waals surface area contributed by atoms with Crippen molar-refractivity contribution in [1.82, 2.24) is 0 Å². The molecular formula is C10H9NO2S. The van der Waals surface area contributed by atoms with Gasteiger partial charge < -0.3 is 4.74 Å². The van der Waals surface area contributed by atoms with Gasteiger partial charge in [0.1, 0.15) is 6.07 Å². The summed E-state index contributed by atoms with van der Waals surface area (Å²) >= 11 is 1.43. The molecule has 0 spiro atoms. The van der Waals surface area contributed by atoms with Crippen molar-refractivity contribution in [3.63, 3.8) is 0 Å². The summed E-state index contributed by atoms with van der Waals surface area (Å²) in [7, 11) is 1.30. The van der Waals surface area contributed by atoms with Gasteiger partial charge in [-0.3, -0.25) is 0 Å². The van der Waals surface area contributed by atoms with Crippen LogP contribution in [0.25, 0.3) is 0 Å². The van der Waals surface area contributed by atoms with Gasteiger partial charge in [-0.05, 0) is 18.4 Å². The summed E-state index contributed by atoms with van der Waals surface area (Å²) in [5.41, 5.74) is 0.703. The molecule has 0 unspecified atom stereocenters. The van der Waals surface area contributed by atoms with Crippen molar-refractivity contribution in [2.24, 2.45) is 0 Å². The van der Waals surface area contributed by atoms with Crippen molar-refractivity contribution in [2.75, 3.05) is 13.4 Å². The molecule has 0 atom stereocenters. The molecule has 0 aromatic heterocycles. The van der Waals surface area contributed by atoms with Crippen molar-refractivity contribution in [2.45, 2.75) is 4.90 Å². The molecule has 3 nitrogen and oxygen atoms in total. The van der Waals surface area contributed by atoms with E-state index in [0.29, 0.717) is 11.1 Å². The summed E-state index contributed by atoms with van der Waals surface area (Å²) in [6.45, 7) is 0. The fraction of sp³-hybridized carbons (Fsp3) is 0.200. The van der Waals surface area contributed by atoms with E-state index in [1.165, 1.54) is 18.9 Å². The van der Waals surface area contributed by atoms with Gasteiger partial charge in [0.25, 0.3) is 0 Å². The first-order valence-corrected chi connectivity index (χ1v) is 5.12. The first kappa shape index (κ1) is 10.6. The summed E-state index contributed by atoms with van der Waals surface area (Å²) in [6.07, 6.45) is 1.86. The predicted molar refractivity (Wildman–Crippen MR) is 54.3 cm³/mol. The van der Waals surface area contributed by atoms with Gasteiger partial charge in [0.05, 0.1) is 18.2 Å². The Morgan fingerprint density at radius 3 is 2.79 bits per heavy atom. The molecule has 0 heterocycles. The van der Waals surface area contributed by atoms with Crippen LogP contribution < -0.4 is 0 Å². The molecule has 14 heavy (non-hydrogen) atoms. The molecule has 0 fully saturated rings. The Morgan fingerprint density at radius 2 is 2.29 bits per heavy atom. The number of esters is 1. The smallest absolute Gasteiger partial charge is 0.339 e. The number of ether oxygens (including phenoxy) is 1. The lowest BCUT2D eigenvalue weighted by Crippen LogP contribution is -2.04. The highest BCUT2D eigenvalue weighted by Gasteiger charge is 2.14. The molecule has 0 radical (unpaired) electrons. The largest absolute Gasteiger partial charge is 0.465 e. The summed E-state index contributed by atoms with van der Waals surface area (Å²) in [6, 6.07) is 7.13.